The van der Waals surface area contributed by atoms with Gasteiger partial charge >= 0.3 is 0 Å². The zero-order chi connectivity index (χ0) is 21.7. The molecule has 0 aliphatic carbocycles. The van der Waals surface area contributed by atoms with Crippen molar-refractivity contribution in [2.45, 2.75) is 32.5 Å². The first-order valence-electron chi connectivity index (χ1n) is 9.63. The molecule has 156 valence electrons. The van der Waals surface area contributed by atoms with Crippen molar-refractivity contribution in [3.05, 3.63) is 64.5 Å². The first-order valence-corrected chi connectivity index (χ1v) is 10.0. The van der Waals surface area contributed by atoms with Gasteiger partial charge in [-0.3, -0.25) is 14.6 Å². The van der Waals surface area contributed by atoms with Gasteiger partial charge in [-0.2, -0.15) is 10.1 Å². The third-order valence-electron chi connectivity index (χ3n) is 5.45. The number of halogens is 1. The Morgan fingerprint density at radius 3 is 2.68 bits per heavy atom. The minimum Gasteiger partial charge on any atom is -0.337 e. The molecule has 0 N–H and O–H groups in total. The van der Waals surface area contributed by atoms with Crippen LogP contribution in [-0.2, 0) is 16.1 Å². The van der Waals surface area contributed by atoms with Crippen molar-refractivity contribution in [3.63, 3.8) is 0 Å². The fraction of sp³-hybridized carbons (Fsp3) is 0.238. The number of fused-ring (bicyclic) bond motifs is 1. The summed E-state index contributed by atoms with van der Waals surface area (Å²) in [7, 11) is 0. The smallest absolute Gasteiger partial charge is 0.263 e. The molecule has 5 rings (SSSR count). The first kappa shape index (κ1) is 19.4. The zero-order valence-electron chi connectivity index (χ0n) is 16.7. The Morgan fingerprint density at radius 2 is 1.90 bits per heavy atom. The summed E-state index contributed by atoms with van der Waals surface area (Å²) in [6.45, 7) is 4.10. The number of carbonyl (C=O) groups is 2. The van der Waals surface area contributed by atoms with Crippen LogP contribution in [0.25, 0.3) is 11.4 Å². The van der Waals surface area contributed by atoms with Gasteiger partial charge in [0.25, 0.3) is 11.8 Å². The van der Waals surface area contributed by atoms with Gasteiger partial charge in [0.1, 0.15) is 6.54 Å². The number of benzene rings is 2. The SMILES string of the molecule is Cc1ccc(-c2noc(CN3N=NC4C(=O)N(c5cccc(Cl)c5)C(=O)C43)n2)cc1C. The number of nitrogens with zero attached hydrogens (tertiary/aromatic N) is 6. The van der Waals surface area contributed by atoms with Crippen LogP contribution in [0.3, 0.4) is 0 Å². The molecule has 1 fully saturated rings. The number of aromatic nitrogens is 2. The number of rotatable bonds is 4. The fourth-order valence-electron chi connectivity index (χ4n) is 3.68. The molecule has 0 radical (unpaired) electrons. The average molecular weight is 437 g/mol. The molecule has 3 heterocycles. The van der Waals surface area contributed by atoms with Gasteiger partial charge in [-0.1, -0.05) is 40.2 Å². The van der Waals surface area contributed by atoms with E-state index < -0.39 is 23.9 Å². The summed E-state index contributed by atoms with van der Waals surface area (Å²) in [6, 6.07) is 10.7. The number of hydrogen-bond acceptors (Lipinski definition) is 8. The first-order chi connectivity index (χ1) is 14.9. The van der Waals surface area contributed by atoms with Crippen LogP contribution in [0.5, 0.6) is 0 Å². The van der Waals surface area contributed by atoms with Crippen molar-refractivity contribution in [1.82, 2.24) is 15.1 Å². The van der Waals surface area contributed by atoms with E-state index in [4.69, 9.17) is 16.1 Å². The van der Waals surface area contributed by atoms with Crippen LogP contribution >= 0.6 is 11.6 Å². The topological polar surface area (TPSA) is 104 Å². The van der Waals surface area contributed by atoms with Crippen LogP contribution in [-0.4, -0.2) is 39.0 Å². The van der Waals surface area contributed by atoms with Crippen molar-refractivity contribution in [2.24, 2.45) is 10.3 Å². The molecule has 31 heavy (non-hydrogen) atoms. The molecule has 2 amide bonds. The predicted octanol–water partition coefficient (Wildman–Crippen LogP) is 3.50. The predicted molar refractivity (Wildman–Crippen MR) is 111 cm³/mol. The van der Waals surface area contributed by atoms with Crippen LogP contribution < -0.4 is 4.90 Å². The van der Waals surface area contributed by atoms with Crippen molar-refractivity contribution >= 4 is 29.1 Å². The Kier molecular flexibility index (Phi) is 4.55. The van der Waals surface area contributed by atoms with E-state index in [0.29, 0.717) is 16.5 Å². The van der Waals surface area contributed by atoms with Gasteiger partial charge in [0.2, 0.25) is 11.7 Å². The number of hydrogen-bond donors (Lipinski definition) is 0. The van der Waals surface area contributed by atoms with E-state index in [-0.39, 0.29) is 12.4 Å². The van der Waals surface area contributed by atoms with Crippen LogP contribution in [0.2, 0.25) is 5.02 Å². The van der Waals surface area contributed by atoms with Crippen molar-refractivity contribution in [1.29, 1.82) is 0 Å². The summed E-state index contributed by atoms with van der Waals surface area (Å²) in [5.41, 5.74) is 3.53. The Hall–Kier alpha value is -3.59. The Balaban J connectivity index is 1.37. The molecular weight excluding hydrogens is 420 g/mol. The molecule has 2 atom stereocenters. The normalized spacial score (nSPS) is 20.1. The molecule has 9 nitrogen and oxygen atoms in total. The molecule has 0 bridgehead atoms. The molecule has 0 spiro atoms. The van der Waals surface area contributed by atoms with Crippen LogP contribution in [0.15, 0.2) is 57.3 Å². The van der Waals surface area contributed by atoms with Crippen LogP contribution in [0.1, 0.15) is 17.0 Å². The standard InChI is InChI=1S/C21H17ClN6O3/c1-11-6-7-13(8-12(11)2)19-23-16(31-25-19)10-27-18-17(24-26-27)20(29)28(21(18)30)15-5-3-4-14(22)9-15/h3-9,17-18H,10H2,1-2H3. The highest BCUT2D eigenvalue weighted by Crippen LogP contribution is 2.33. The second kappa shape index (κ2) is 7.28. The van der Waals surface area contributed by atoms with E-state index in [1.165, 1.54) is 10.6 Å². The van der Waals surface area contributed by atoms with E-state index in [2.05, 4.69) is 20.5 Å². The van der Waals surface area contributed by atoms with E-state index in [1.807, 2.05) is 32.0 Å². The van der Waals surface area contributed by atoms with E-state index in [0.717, 1.165) is 16.0 Å². The number of imide groups is 1. The largest absolute Gasteiger partial charge is 0.337 e. The van der Waals surface area contributed by atoms with Crippen LogP contribution in [0.4, 0.5) is 5.69 Å². The minimum atomic E-state index is -0.909. The van der Waals surface area contributed by atoms with Gasteiger partial charge in [-0.25, -0.2) is 4.90 Å². The van der Waals surface area contributed by atoms with Gasteiger partial charge < -0.3 is 4.52 Å². The molecule has 10 heteroatoms. The van der Waals surface area contributed by atoms with Gasteiger partial charge in [0.05, 0.1) is 5.69 Å². The summed E-state index contributed by atoms with van der Waals surface area (Å²) in [4.78, 5) is 31.3. The highest BCUT2D eigenvalue weighted by Gasteiger charge is 2.55. The second-order valence-corrected chi connectivity index (χ2v) is 7.93. The zero-order valence-corrected chi connectivity index (χ0v) is 17.4. The lowest BCUT2D eigenvalue weighted by molar-refractivity contribution is -0.123. The summed E-state index contributed by atoms with van der Waals surface area (Å²) in [6.07, 6.45) is 0. The summed E-state index contributed by atoms with van der Waals surface area (Å²) >= 11 is 6.02. The van der Waals surface area contributed by atoms with E-state index >= 15 is 0 Å². The Labute approximate surface area is 182 Å². The molecule has 1 aromatic heterocycles. The molecule has 3 aromatic rings. The Bertz CT molecular complexity index is 1240. The maximum Gasteiger partial charge on any atom is 0.263 e. The molecule has 2 aliphatic rings. The fourth-order valence-corrected chi connectivity index (χ4v) is 3.86. The van der Waals surface area contributed by atoms with Gasteiger partial charge in [-0.15, -0.1) is 0 Å². The summed E-state index contributed by atoms with van der Waals surface area (Å²) < 4.78 is 5.36. The van der Waals surface area contributed by atoms with Gasteiger partial charge in [0, 0.05) is 10.6 Å². The number of aryl methyl sites for hydroxylation is 2. The highest BCUT2D eigenvalue weighted by atomic mass is 35.5. The van der Waals surface area contributed by atoms with Gasteiger partial charge in [-0.05, 0) is 49.2 Å². The lowest BCUT2D eigenvalue weighted by Gasteiger charge is -2.19. The molecular formula is C21H17ClN6O3. The molecule has 2 aromatic carbocycles. The average Bonchev–Trinajstić information content (AvgIpc) is 3.43. The maximum absolute atomic E-state index is 13.0. The maximum atomic E-state index is 13.0. The third kappa shape index (κ3) is 3.27. The van der Waals surface area contributed by atoms with E-state index in [1.54, 1.807) is 24.3 Å². The lowest BCUT2D eigenvalue weighted by atomic mass is 10.1. The van der Waals surface area contributed by atoms with Crippen molar-refractivity contribution in [3.8, 4) is 11.4 Å². The second-order valence-electron chi connectivity index (χ2n) is 7.49. The van der Waals surface area contributed by atoms with Crippen molar-refractivity contribution < 1.29 is 14.1 Å². The quantitative estimate of drug-likeness (QED) is 0.580. The molecule has 2 aliphatic heterocycles. The number of amides is 2. The molecule has 1 saturated heterocycles. The van der Waals surface area contributed by atoms with Crippen LogP contribution in [0, 0.1) is 13.8 Å². The highest BCUT2D eigenvalue weighted by molar-refractivity contribution is 6.31. The van der Waals surface area contributed by atoms with E-state index in [9.17, 15) is 9.59 Å². The lowest BCUT2D eigenvalue weighted by Crippen LogP contribution is -2.39. The number of carbonyl (C=O) groups excluding carboxylic acids is 2. The Morgan fingerprint density at radius 1 is 1.06 bits per heavy atom. The number of anilines is 1. The molecule has 0 saturated carbocycles. The minimum absolute atomic E-state index is 0.0604. The monoisotopic (exact) mass is 436 g/mol. The summed E-state index contributed by atoms with van der Waals surface area (Å²) in [5, 5.41) is 13.9. The summed E-state index contributed by atoms with van der Waals surface area (Å²) in [5.74, 6) is -0.143. The van der Waals surface area contributed by atoms with Gasteiger partial charge in [0.15, 0.2) is 12.1 Å². The third-order valence-corrected chi connectivity index (χ3v) is 5.69. The molecule has 2 unspecified atom stereocenters. The van der Waals surface area contributed by atoms with Crippen molar-refractivity contribution in [2.75, 3.05) is 4.90 Å².